The summed E-state index contributed by atoms with van der Waals surface area (Å²) >= 11 is 0. The van der Waals surface area contributed by atoms with Crippen LogP contribution in [0.25, 0.3) is 0 Å². The van der Waals surface area contributed by atoms with Crippen molar-refractivity contribution in [3.05, 3.63) is 29.8 Å². The van der Waals surface area contributed by atoms with Gasteiger partial charge in [0.15, 0.2) is 0 Å². The number of nitrogens with two attached hydrogens (primary N) is 1. The highest BCUT2D eigenvalue weighted by Crippen LogP contribution is 2.28. The van der Waals surface area contributed by atoms with E-state index in [0.29, 0.717) is 13.0 Å². The molecule has 4 heteroatoms. The van der Waals surface area contributed by atoms with E-state index in [1.54, 1.807) is 0 Å². The Morgan fingerprint density at radius 1 is 1.28 bits per heavy atom. The molecule has 0 saturated carbocycles. The van der Waals surface area contributed by atoms with E-state index >= 15 is 0 Å². The molecule has 0 radical (unpaired) electrons. The van der Waals surface area contributed by atoms with Gasteiger partial charge in [-0.2, -0.15) is 0 Å². The van der Waals surface area contributed by atoms with Crippen molar-refractivity contribution >= 4 is 24.0 Å². The molecule has 0 unspecified atom stereocenters. The molecule has 1 amide bonds. The van der Waals surface area contributed by atoms with E-state index in [2.05, 4.69) is 6.07 Å². The van der Waals surface area contributed by atoms with Crippen molar-refractivity contribution in [3.63, 3.8) is 0 Å². The molecule has 0 aromatic heterocycles. The number of hydrogen-bond donors (Lipinski definition) is 1. The summed E-state index contributed by atoms with van der Waals surface area (Å²) in [5.41, 5.74) is 8.08. The maximum atomic E-state index is 12.0. The molecule has 2 N–H and O–H groups in total. The molecular weight excluding hydrogens is 248 g/mol. The Morgan fingerprint density at radius 3 is 2.61 bits per heavy atom. The summed E-state index contributed by atoms with van der Waals surface area (Å²) in [6, 6.07) is 8.13. The number of benzene rings is 1. The van der Waals surface area contributed by atoms with Crippen LogP contribution in [0.4, 0.5) is 5.69 Å². The van der Waals surface area contributed by atoms with E-state index in [0.717, 1.165) is 18.5 Å². The molecule has 100 valence electrons. The summed E-state index contributed by atoms with van der Waals surface area (Å²) in [4.78, 5) is 13.8. The largest absolute Gasteiger partial charge is 0.325 e. The van der Waals surface area contributed by atoms with Gasteiger partial charge in [-0.15, -0.1) is 12.4 Å². The number of hydrogen-bond acceptors (Lipinski definition) is 2. The Labute approximate surface area is 115 Å². The van der Waals surface area contributed by atoms with Crippen LogP contribution in [-0.2, 0) is 11.2 Å². The Kier molecular flexibility index (Phi) is 4.77. The number of carbonyl (C=O) groups is 1. The van der Waals surface area contributed by atoms with Crippen LogP contribution in [0.3, 0.4) is 0 Å². The van der Waals surface area contributed by atoms with Crippen LogP contribution in [-0.4, -0.2) is 18.0 Å². The van der Waals surface area contributed by atoms with Crippen molar-refractivity contribution in [2.45, 2.75) is 38.6 Å². The van der Waals surface area contributed by atoms with E-state index in [1.807, 2.05) is 36.9 Å². The molecule has 0 spiro atoms. The summed E-state index contributed by atoms with van der Waals surface area (Å²) in [5.74, 6) is 0.216. The number of para-hydroxylation sites is 1. The second-order valence-corrected chi connectivity index (χ2v) is 5.41. The summed E-state index contributed by atoms with van der Waals surface area (Å²) < 4.78 is 0. The second kappa shape index (κ2) is 5.72. The van der Waals surface area contributed by atoms with Gasteiger partial charge in [-0.25, -0.2) is 0 Å². The van der Waals surface area contributed by atoms with E-state index < -0.39 is 0 Å². The number of aryl methyl sites for hydroxylation is 1. The minimum absolute atomic E-state index is 0. The Balaban J connectivity index is 0.00000162. The first-order valence-corrected chi connectivity index (χ1v) is 6.14. The van der Waals surface area contributed by atoms with Crippen molar-refractivity contribution in [2.75, 3.05) is 11.4 Å². The van der Waals surface area contributed by atoms with Gasteiger partial charge in [0.1, 0.15) is 0 Å². The van der Waals surface area contributed by atoms with Gasteiger partial charge in [0.05, 0.1) is 0 Å². The minimum Gasteiger partial charge on any atom is -0.325 e. The number of rotatable bonds is 3. The first kappa shape index (κ1) is 15.0. The molecule has 0 bridgehead atoms. The third kappa shape index (κ3) is 3.47. The van der Waals surface area contributed by atoms with Crippen LogP contribution < -0.4 is 10.6 Å². The zero-order chi connectivity index (χ0) is 12.5. The topological polar surface area (TPSA) is 46.3 Å². The smallest absolute Gasteiger partial charge is 0.227 e. The van der Waals surface area contributed by atoms with Crippen molar-refractivity contribution in [1.82, 2.24) is 0 Å². The highest BCUT2D eigenvalue weighted by Gasteiger charge is 2.24. The Bertz CT molecular complexity index is 426. The Morgan fingerprint density at radius 2 is 1.94 bits per heavy atom. The molecule has 1 aromatic rings. The van der Waals surface area contributed by atoms with Crippen LogP contribution in [0.15, 0.2) is 24.3 Å². The lowest BCUT2D eigenvalue weighted by Crippen LogP contribution is -2.41. The van der Waals surface area contributed by atoms with Crippen molar-refractivity contribution in [1.29, 1.82) is 0 Å². The average Bonchev–Trinajstić information content (AvgIpc) is 2.26. The van der Waals surface area contributed by atoms with Crippen LogP contribution in [0.2, 0.25) is 0 Å². The molecule has 1 aliphatic rings. The SMILES string of the molecule is CC(C)(N)CCN1C(=O)CCc2ccccc21.Cl. The summed E-state index contributed by atoms with van der Waals surface area (Å²) in [6.07, 6.45) is 2.28. The third-order valence-electron chi connectivity index (χ3n) is 3.17. The second-order valence-electron chi connectivity index (χ2n) is 5.41. The molecule has 0 aliphatic carbocycles. The fraction of sp³-hybridized carbons (Fsp3) is 0.500. The first-order chi connectivity index (χ1) is 7.97. The number of anilines is 1. The predicted octanol–water partition coefficient (Wildman–Crippen LogP) is 2.52. The van der Waals surface area contributed by atoms with Crippen molar-refractivity contribution < 1.29 is 4.79 Å². The maximum Gasteiger partial charge on any atom is 0.227 e. The van der Waals surface area contributed by atoms with Gasteiger partial charge in [-0.3, -0.25) is 4.79 Å². The highest BCUT2D eigenvalue weighted by molar-refractivity contribution is 5.96. The fourth-order valence-corrected chi connectivity index (χ4v) is 2.14. The fourth-order valence-electron chi connectivity index (χ4n) is 2.14. The first-order valence-electron chi connectivity index (χ1n) is 6.14. The van der Waals surface area contributed by atoms with Gasteiger partial charge in [-0.1, -0.05) is 18.2 Å². The number of carbonyl (C=O) groups excluding carboxylic acids is 1. The molecular formula is C14H21ClN2O. The highest BCUT2D eigenvalue weighted by atomic mass is 35.5. The Hall–Kier alpha value is -1.06. The summed E-state index contributed by atoms with van der Waals surface area (Å²) in [7, 11) is 0. The third-order valence-corrected chi connectivity index (χ3v) is 3.17. The molecule has 18 heavy (non-hydrogen) atoms. The molecule has 1 aromatic carbocycles. The van der Waals surface area contributed by atoms with E-state index in [-0.39, 0.29) is 23.9 Å². The van der Waals surface area contributed by atoms with Gasteiger partial charge < -0.3 is 10.6 Å². The maximum absolute atomic E-state index is 12.0. The van der Waals surface area contributed by atoms with Crippen LogP contribution >= 0.6 is 12.4 Å². The van der Waals surface area contributed by atoms with Crippen LogP contribution in [0.5, 0.6) is 0 Å². The predicted molar refractivity (Wildman–Crippen MR) is 77.2 cm³/mol. The number of nitrogens with zero attached hydrogens (tertiary/aromatic N) is 1. The normalized spacial score (nSPS) is 15.1. The van der Waals surface area contributed by atoms with Crippen LogP contribution in [0.1, 0.15) is 32.3 Å². The van der Waals surface area contributed by atoms with Gasteiger partial charge in [-0.05, 0) is 38.3 Å². The summed E-state index contributed by atoms with van der Waals surface area (Å²) in [6.45, 7) is 4.69. The monoisotopic (exact) mass is 268 g/mol. The number of halogens is 1. The van der Waals surface area contributed by atoms with E-state index in [1.165, 1.54) is 5.56 Å². The van der Waals surface area contributed by atoms with Crippen molar-refractivity contribution in [2.24, 2.45) is 5.73 Å². The molecule has 1 aliphatic heterocycles. The van der Waals surface area contributed by atoms with Crippen LogP contribution in [0, 0.1) is 0 Å². The molecule has 0 fully saturated rings. The molecule has 1 heterocycles. The lowest BCUT2D eigenvalue weighted by atomic mass is 9.98. The average molecular weight is 269 g/mol. The summed E-state index contributed by atoms with van der Waals surface area (Å²) in [5, 5.41) is 0. The van der Waals surface area contributed by atoms with Gasteiger partial charge in [0.25, 0.3) is 0 Å². The van der Waals surface area contributed by atoms with E-state index in [4.69, 9.17) is 5.73 Å². The van der Waals surface area contributed by atoms with Crippen molar-refractivity contribution in [3.8, 4) is 0 Å². The minimum atomic E-state index is -0.229. The zero-order valence-corrected chi connectivity index (χ0v) is 11.8. The standard InChI is InChI=1S/C14H20N2O.ClH/c1-14(2,15)9-10-16-12-6-4-3-5-11(12)7-8-13(16)17;/h3-6H,7-10,15H2,1-2H3;1H. The molecule has 0 atom stereocenters. The molecule has 2 rings (SSSR count). The van der Waals surface area contributed by atoms with Gasteiger partial charge in [0.2, 0.25) is 5.91 Å². The van der Waals surface area contributed by atoms with E-state index in [9.17, 15) is 4.79 Å². The quantitative estimate of drug-likeness (QED) is 0.916. The lowest BCUT2D eigenvalue weighted by molar-refractivity contribution is -0.118. The molecule has 3 nitrogen and oxygen atoms in total. The molecule has 0 saturated heterocycles. The number of fused-ring (bicyclic) bond motifs is 1. The van der Waals surface area contributed by atoms with Gasteiger partial charge >= 0.3 is 0 Å². The number of amides is 1. The zero-order valence-electron chi connectivity index (χ0n) is 11.0. The van der Waals surface area contributed by atoms with Gasteiger partial charge in [0, 0.05) is 24.2 Å². The lowest BCUT2D eigenvalue weighted by Gasteiger charge is -2.31.